The Labute approximate surface area is 194 Å². The number of aromatic nitrogens is 3. The van der Waals surface area contributed by atoms with Gasteiger partial charge < -0.3 is 4.74 Å². The van der Waals surface area contributed by atoms with Crippen molar-refractivity contribution < 1.29 is 29.1 Å². The highest BCUT2D eigenvalue weighted by Crippen LogP contribution is 2.34. The Kier molecular flexibility index (Phi) is 6.75. The molecule has 0 unspecified atom stereocenters. The van der Waals surface area contributed by atoms with Crippen molar-refractivity contribution in [3.63, 3.8) is 0 Å². The average molecular weight is 485 g/mol. The molecule has 0 saturated carbocycles. The van der Waals surface area contributed by atoms with Gasteiger partial charge in [-0.3, -0.25) is 35.1 Å². The Bertz CT molecular complexity index is 1350. The van der Waals surface area contributed by atoms with Crippen molar-refractivity contribution in [2.24, 2.45) is 0 Å². The van der Waals surface area contributed by atoms with Crippen LogP contribution in [0.15, 0.2) is 42.5 Å². The van der Waals surface area contributed by atoms with Gasteiger partial charge in [-0.2, -0.15) is 5.01 Å². The molecule has 0 aliphatic heterocycles. The monoisotopic (exact) mass is 485 g/mol. The molecule has 0 spiro atoms. The first kappa shape index (κ1) is 24.4. The molecule has 0 fully saturated rings. The number of carbonyl (C=O) groups excluding carboxylic acids is 2. The van der Waals surface area contributed by atoms with Crippen molar-refractivity contribution in [1.82, 2.24) is 15.1 Å². The standard InChI is InChI=1S/C19H15N7O9/c1-3-35-19(28)17-11(2)23(21-20-17)22(18(27)12-4-6-13(7-5-12)24(29)30)15-9-8-14(25(31)32)10-16(15)26(33)34/h4-10H,3H2,1-2H3. The first-order valence-electron chi connectivity index (χ1n) is 9.68. The van der Waals surface area contributed by atoms with Crippen LogP contribution in [0.1, 0.15) is 33.5 Å². The fourth-order valence-electron chi connectivity index (χ4n) is 3.00. The summed E-state index contributed by atoms with van der Waals surface area (Å²) in [5.74, 6) is -1.82. The fraction of sp³-hybridized carbons (Fsp3) is 0.158. The van der Waals surface area contributed by atoms with Crippen LogP contribution < -0.4 is 5.01 Å². The van der Waals surface area contributed by atoms with E-state index in [-0.39, 0.29) is 29.2 Å². The normalized spacial score (nSPS) is 10.5. The van der Waals surface area contributed by atoms with Gasteiger partial charge in [0.15, 0.2) is 5.69 Å². The van der Waals surface area contributed by atoms with E-state index in [2.05, 4.69) is 10.3 Å². The number of carbonyl (C=O) groups is 2. The molecule has 1 aromatic heterocycles. The summed E-state index contributed by atoms with van der Waals surface area (Å²) in [4.78, 5) is 57.8. The molecule has 35 heavy (non-hydrogen) atoms. The topological polar surface area (TPSA) is 207 Å². The summed E-state index contributed by atoms with van der Waals surface area (Å²) < 4.78 is 4.89. The second kappa shape index (κ2) is 9.69. The van der Waals surface area contributed by atoms with Crippen LogP contribution in [0.25, 0.3) is 0 Å². The molecular formula is C19H15N7O9. The summed E-state index contributed by atoms with van der Waals surface area (Å²) in [5.41, 5.74) is -2.63. The molecule has 180 valence electrons. The highest BCUT2D eigenvalue weighted by molar-refractivity contribution is 6.07. The molecule has 16 heteroatoms. The number of rotatable bonds is 8. The number of hydrogen-bond acceptors (Lipinski definition) is 11. The molecular weight excluding hydrogens is 470 g/mol. The Balaban J connectivity index is 2.24. The SMILES string of the molecule is CCOC(=O)c1nnn(N(C(=O)c2ccc([N+](=O)[O-])cc2)c2ccc([N+](=O)[O-])cc2[N+](=O)[O-])c1C. The van der Waals surface area contributed by atoms with Gasteiger partial charge in [0.25, 0.3) is 17.3 Å². The third-order valence-electron chi connectivity index (χ3n) is 4.64. The van der Waals surface area contributed by atoms with Gasteiger partial charge >= 0.3 is 11.7 Å². The van der Waals surface area contributed by atoms with Gasteiger partial charge in [0.1, 0.15) is 5.69 Å². The van der Waals surface area contributed by atoms with Crippen LogP contribution in [0.4, 0.5) is 22.7 Å². The lowest BCUT2D eigenvalue weighted by molar-refractivity contribution is -0.393. The maximum Gasteiger partial charge on any atom is 0.360 e. The summed E-state index contributed by atoms with van der Waals surface area (Å²) in [6.45, 7) is 2.92. The second-order valence-electron chi connectivity index (χ2n) is 6.74. The van der Waals surface area contributed by atoms with E-state index in [9.17, 15) is 39.9 Å². The van der Waals surface area contributed by atoms with Crippen molar-refractivity contribution in [2.45, 2.75) is 13.8 Å². The summed E-state index contributed by atoms with van der Waals surface area (Å²) in [7, 11) is 0. The van der Waals surface area contributed by atoms with E-state index in [0.29, 0.717) is 11.1 Å². The summed E-state index contributed by atoms with van der Waals surface area (Å²) in [6, 6.07) is 6.89. The third-order valence-corrected chi connectivity index (χ3v) is 4.64. The molecule has 0 aliphatic carbocycles. The van der Waals surface area contributed by atoms with Crippen molar-refractivity contribution in [1.29, 1.82) is 0 Å². The van der Waals surface area contributed by atoms with Gasteiger partial charge in [0, 0.05) is 23.8 Å². The molecule has 0 aliphatic rings. The van der Waals surface area contributed by atoms with Crippen molar-refractivity contribution >= 4 is 34.6 Å². The molecule has 1 heterocycles. The van der Waals surface area contributed by atoms with Crippen LogP contribution in [0.5, 0.6) is 0 Å². The zero-order valence-electron chi connectivity index (χ0n) is 18.1. The Morgan fingerprint density at radius 3 is 2.11 bits per heavy atom. The largest absolute Gasteiger partial charge is 0.461 e. The lowest BCUT2D eigenvalue weighted by Crippen LogP contribution is -2.38. The zero-order valence-corrected chi connectivity index (χ0v) is 18.1. The Morgan fingerprint density at radius 1 is 0.971 bits per heavy atom. The number of hydrogen-bond donors (Lipinski definition) is 0. The zero-order chi connectivity index (χ0) is 25.9. The minimum absolute atomic E-state index is 0.0183. The lowest BCUT2D eigenvalue weighted by Gasteiger charge is -2.23. The van der Waals surface area contributed by atoms with E-state index in [1.165, 1.54) is 6.92 Å². The van der Waals surface area contributed by atoms with Crippen LogP contribution in [0, 0.1) is 37.3 Å². The van der Waals surface area contributed by atoms with Crippen molar-refractivity contribution in [3.05, 3.63) is 89.8 Å². The highest BCUT2D eigenvalue weighted by atomic mass is 16.6. The first-order valence-corrected chi connectivity index (χ1v) is 9.68. The van der Waals surface area contributed by atoms with Crippen molar-refractivity contribution in [3.8, 4) is 0 Å². The average Bonchev–Trinajstić information content (AvgIpc) is 3.20. The molecule has 2 aromatic carbocycles. The van der Waals surface area contributed by atoms with Gasteiger partial charge in [-0.15, -0.1) is 9.89 Å². The first-order chi connectivity index (χ1) is 16.6. The molecule has 1 amide bonds. The molecule has 0 radical (unpaired) electrons. The van der Waals surface area contributed by atoms with Crippen LogP contribution in [-0.2, 0) is 4.74 Å². The van der Waals surface area contributed by atoms with E-state index in [4.69, 9.17) is 4.74 Å². The van der Waals surface area contributed by atoms with Gasteiger partial charge in [0.05, 0.1) is 33.1 Å². The van der Waals surface area contributed by atoms with E-state index >= 15 is 0 Å². The third kappa shape index (κ3) is 4.75. The van der Waals surface area contributed by atoms with E-state index in [1.54, 1.807) is 6.92 Å². The van der Waals surface area contributed by atoms with Gasteiger partial charge in [-0.05, 0) is 37.3 Å². The highest BCUT2D eigenvalue weighted by Gasteiger charge is 2.33. The number of nitro groups is 3. The molecule has 0 atom stereocenters. The fourth-order valence-corrected chi connectivity index (χ4v) is 3.00. The van der Waals surface area contributed by atoms with Gasteiger partial charge in [-0.25, -0.2) is 4.79 Å². The number of nitro benzene ring substituents is 3. The molecule has 0 saturated heterocycles. The number of anilines is 1. The molecule has 0 bridgehead atoms. The smallest absolute Gasteiger partial charge is 0.360 e. The van der Waals surface area contributed by atoms with Gasteiger partial charge in [0.2, 0.25) is 0 Å². The van der Waals surface area contributed by atoms with E-state index in [1.807, 2.05) is 0 Å². The number of non-ortho nitro benzene ring substituents is 2. The summed E-state index contributed by atoms with van der Waals surface area (Å²) in [6.07, 6.45) is 0. The van der Waals surface area contributed by atoms with E-state index < -0.39 is 43.7 Å². The lowest BCUT2D eigenvalue weighted by atomic mass is 10.1. The van der Waals surface area contributed by atoms with Crippen molar-refractivity contribution in [2.75, 3.05) is 11.6 Å². The maximum atomic E-state index is 13.5. The minimum Gasteiger partial charge on any atom is -0.461 e. The Morgan fingerprint density at radius 2 is 1.57 bits per heavy atom. The van der Waals surface area contributed by atoms with E-state index in [0.717, 1.165) is 41.2 Å². The Hall–Kier alpha value is -5.28. The molecule has 16 nitrogen and oxygen atoms in total. The van der Waals surface area contributed by atoms with Crippen LogP contribution in [0.2, 0.25) is 0 Å². The molecule has 0 N–H and O–H groups in total. The van der Waals surface area contributed by atoms with Crippen LogP contribution in [-0.4, -0.2) is 48.4 Å². The summed E-state index contributed by atoms with van der Waals surface area (Å²) >= 11 is 0. The number of ether oxygens (including phenoxy) is 1. The molecule has 3 rings (SSSR count). The second-order valence-corrected chi connectivity index (χ2v) is 6.74. The number of esters is 1. The predicted molar refractivity (Wildman–Crippen MR) is 116 cm³/mol. The quantitative estimate of drug-likeness (QED) is 0.257. The van der Waals surface area contributed by atoms with Gasteiger partial charge in [-0.1, -0.05) is 0 Å². The molecule has 3 aromatic rings. The predicted octanol–water partition coefficient (Wildman–Crippen LogP) is 2.60. The number of amides is 1. The number of nitrogens with zero attached hydrogens (tertiary/aromatic N) is 7. The number of benzene rings is 2. The van der Waals surface area contributed by atoms with Crippen LogP contribution in [0.3, 0.4) is 0 Å². The maximum absolute atomic E-state index is 13.5. The van der Waals surface area contributed by atoms with Crippen LogP contribution >= 0.6 is 0 Å². The minimum atomic E-state index is -0.958. The summed E-state index contributed by atoms with van der Waals surface area (Å²) in [5, 5.41) is 41.9.